The molecule has 4 aliphatic rings. The molecule has 3 heterocycles. The predicted octanol–water partition coefficient (Wildman–Crippen LogP) is 1.95. The minimum absolute atomic E-state index is 0.0503. The number of rotatable bonds is 3. The van der Waals surface area contributed by atoms with E-state index < -0.39 is 9.84 Å². The van der Waals surface area contributed by atoms with Gasteiger partial charge in [-0.15, -0.1) is 0 Å². The zero-order chi connectivity index (χ0) is 20.9. The van der Waals surface area contributed by atoms with Crippen LogP contribution in [0.5, 0.6) is 11.5 Å². The molecule has 0 bridgehead atoms. The Balaban J connectivity index is 1.39. The van der Waals surface area contributed by atoms with Crippen molar-refractivity contribution in [3.63, 3.8) is 0 Å². The van der Waals surface area contributed by atoms with Crippen molar-refractivity contribution < 1.29 is 22.7 Å². The molecule has 1 aliphatic carbocycles. The van der Waals surface area contributed by atoms with Gasteiger partial charge >= 0.3 is 0 Å². The van der Waals surface area contributed by atoms with Gasteiger partial charge in [0, 0.05) is 24.0 Å². The molecule has 2 unspecified atom stereocenters. The monoisotopic (exact) mass is 434 g/mol. The first kappa shape index (κ1) is 20.1. The molecule has 2 fully saturated rings. The first-order valence-electron chi connectivity index (χ1n) is 11.0. The number of nitrogens with zero attached hydrogens (tertiary/aromatic N) is 1. The average Bonchev–Trinajstić information content (AvgIpc) is 3.31. The van der Waals surface area contributed by atoms with Crippen LogP contribution in [0.1, 0.15) is 56.2 Å². The molecule has 1 aromatic carbocycles. The molecule has 0 aromatic heterocycles. The smallest absolute Gasteiger partial charge is 0.234 e. The Morgan fingerprint density at radius 2 is 1.90 bits per heavy atom. The van der Waals surface area contributed by atoms with Gasteiger partial charge in [0.2, 0.25) is 5.91 Å². The van der Waals surface area contributed by atoms with Crippen LogP contribution in [-0.2, 0) is 20.0 Å². The van der Waals surface area contributed by atoms with E-state index >= 15 is 0 Å². The first-order chi connectivity index (χ1) is 14.4. The van der Waals surface area contributed by atoms with Crippen LogP contribution >= 0.6 is 0 Å². The summed E-state index contributed by atoms with van der Waals surface area (Å²) < 4.78 is 35.1. The molecule has 164 valence electrons. The van der Waals surface area contributed by atoms with E-state index in [1.54, 1.807) is 0 Å². The Kier molecular flexibility index (Phi) is 4.97. The highest BCUT2D eigenvalue weighted by Gasteiger charge is 2.45. The van der Waals surface area contributed by atoms with Gasteiger partial charge in [0.1, 0.15) is 13.2 Å². The summed E-state index contributed by atoms with van der Waals surface area (Å²) in [6.07, 6.45) is 5.14. The number of carbonyl (C=O) groups excluding carboxylic acids is 1. The maximum absolute atomic E-state index is 12.8. The fourth-order valence-corrected chi connectivity index (χ4v) is 7.43. The van der Waals surface area contributed by atoms with Crippen molar-refractivity contribution in [1.82, 2.24) is 10.2 Å². The molecule has 30 heavy (non-hydrogen) atoms. The largest absolute Gasteiger partial charge is 0.486 e. The molecule has 1 saturated heterocycles. The number of sulfone groups is 1. The molecule has 3 aliphatic heterocycles. The Morgan fingerprint density at radius 3 is 2.57 bits per heavy atom. The molecule has 1 spiro atoms. The SMILES string of the molecule is CC1c2cc3c(cc2C2(CCCC2)CN1CC(=O)NC1CCS(=O)(=O)C1)OCCO3. The minimum Gasteiger partial charge on any atom is -0.486 e. The van der Waals surface area contributed by atoms with E-state index in [2.05, 4.69) is 29.3 Å². The van der Waals surface area contributed by atoms with E-state index in [4.69, 9.17) is 9.47 Å². The minimum atomic E-state index is -3.01. The maximum atomic E-state index is 12.8. The summed E-state index contributed by atoms with van der Waals surface area (Å²) in [5, 5.41) is 2.95. The van der Waals surface area contributed by atoms with Crippen LogP contribution in [0.4, 0.5) is 0 Å². The molecule has 1 aromatic rings. The number of carbonyl (C=O) groups is 1. The van der Waals surface area contributed by atoms with Gasteiger partial charge in [0.05, 0.1) is 18.1 Å². The molecule has 0 radical (unpaired) electrons. The number of amides is 1. The third-order valence-electron chi connectivity index (χ3n) is 7.29. The van der Waals surface area contributed by atoms with Gasteiger partial charge in [-0.25, -0.2) is 8.42 Å². The van der Waals surface area contributed by atoms with Crippen molar-refractivity contribution in [2.75, 3.05) is 37.8 Å². The fourth-order valence-electron chi connectivity index (χ4n) is 5.76. The summed E-state index contributed by atoms with van der Waals surface area (Å²) in [6.45, 7) is 4.41. The van der Waals surface area contributed by atoms with Crippen molar-refractivity contribution >= 4 is 15.7 Å². The molecule has 5 rings (SSSR count). The zero-order valence-corrected chi connectivity index (χ0v) is 18.3. The molecule has 7 nitrogen and oxygen atoms in total. The number of fused-ring (bicyclic) bond motifs is 3. The summed E-state index contributed by atoms with van der Waals surface area (Å²) >= 11 is 0. The van der Waals surface area contributed by atoms with Crippen molar-refractivity contribution in [1.29, 1.82) is 0 Å². The van der Waals surface area contributed by atoms with Crippen LogP contribution in [-0.4, -0.2) is 63.1 Å². The standard InChI is InChI=1S/C22H30N2O5S/c1-15-17-10-19-20(29-8-7-28-19)11-18(17)22(5-2-3-6-22)14-24(15)12-21(25)23-16-4-9-30(26,27)13-16/h10-11,15-16H,2-9,12-14H2,1H3,(H,23,25). The van der Waals surface area contributed by atoms with Crippen LogP contribution in [0, 0.1) is 0 Å². The quantitative estimate of drug-likeness (QED) is 0.783. The first-order valence-corrected chi connectivity index (χ1v) is 12.9. The second-order valence-corrected chi connectivity index (χ2v) is 11.5. The third kappa shape index (κ3) is 3.58. The predicted molar refractivity (Wildman–Crippen MR) is 113 cm³/mol. The fraction of sp³-hybridized carbons (Fsp3) is 0.682. The van der Waals surface area contributed by atoms with Crippen LogP contribution < -0.4 is 14.8 Å². The molecular formula is C22H30N2O5S. The van der Waals surface area contributed by atoms with E-state index in [1.807, 2.05) is 0 Å². The van der Waals surface area contributed by atoms with Gasteiger partial charge in [0.25, 0.3) is 0 Å². The summed E-state index contributed by atoms with van der Waals surface area (Å²) in [4.78, 5) is 15.0. The highest BCUT2D eigenvalue weighted by Crippen LogP contribution is 2.51. The van der Waals surface area contributed by atoms with Gasteiger partial charge in [-0.3, -0.25) is 9.69 Å². The molecule has 1 saturated carbocycles. The van der Waals surface area contributed by atoms with Crippen LogP contribution in [0.2, 0.25) is 0 Å². The van der Waals surface area contributed by atoms with E-state index in [0.29, 0.717) is 19.6 Å². The normalized spacial score (nSPS) is 29.0. The lowest BCUT2D eigenvalue weighted by Gasteiger charge is -2.46. The van der Waals surface area contributed by atoms with Crippen LogP contribution in [0.25, 0.3) is 0 Å². The summed E-state index contributed by atoms with van der Waals surface area (Å²) in [7, 11) is -3.01. The van der Waals surface area contributed by atoms with Crippen LogP contribution in [0.3, 0.4) is 0 Å². The summed E-state index contributed by atoms with van der Waals surface area (Å²) in [5.41, 5.74) is 2.63. The van der Waals surface area contributed by atoms with Crippen molar-refractivity contribution in [2.24, 2.45) is 0 Å². The highest BCUT2D eigenvalue weighted by atomic mass is 32.2. The van der Waals surface area contributed by atoms with E-state index in [9.17, 15) is 13.2 Å². The van der Waals surface area contributed by atoms with E-state index in [1.165, 1.54) is 24.0 Å². The van der Waals surface area contributed by atoms with Gasteiger partial charge in [-0.1, -0.05) is 12.8 Å². The average molecular weight is 435 g/mol. The second kappa shape index (κ2) is 7.41. The second-order valence-electron chi connectivity index (χ2n) is 9.32. The van der Waals surface area contributed by atoms with Crippen molar-refractivity contribution in [3.8, 4) is 11.5 Å². The van der Waals surface area contributed by atoms with E-state index in [-0.39, 0.29) is 41.5 Å². The Morgan fingerprint density at radius 1 is 1.20 bits per heavy atom. The Bertz CT molecular complexity index is 955. The van der Waals surface area contributed by atoms with Crippen molar-refractivity contribution in [3.05, 3.63) is 23.3 Å². The molecule has 2 atom stereocenters. The van der Waals surface area contributed by atoms with Gasteiger partial charge in [-0.2, -0.15) is 0 Å². The van der Waals surface area contributed by atoms with Gasteiger partial charge in [0.15, 0.2) is 21.3 Å². The molecular weight excluding hydrogens is 404 g/mol. The van der Waals surface area contributed by atoms with Crippen LogP contribution in [0.15, 0.2) is 12.1 Å². The zero-order valence-electron chi connectivity index (χ0n) is 17.5. The summed E-state index contributed by atoms with van der Waals surface area (Å²) in [5.74, 6) is 1.78. The highest BCUT2D eigenvalue weighted by molar-refractivity contribution is 7.91. The van der Waals surface area contributed by atoms with Gasteiger partial charge in [-0.05, 0) is 49.4 Å². The number of hydrogen-bond acceptors (Lipinski definition) is 6. The molecule has 1 amide bonds. The maximum Gasteiger partial charge on any atom is 0.234 e. The van der Waals surface area contributed by atoms with E-state index in [0.717, 1.165) is 30.9 Å². The topological polar surface area (TPSA) is 84.9 Å². The number of benzene rings is 1. The van der Waals surface area contributed by atoms with Gasteiger partial charge < -0.3 is 14.8 Å². The lowest BCUT2D eigenvalue weighted by molar-refractivity contribution is -0.123. The Hall–Kier alpha value is -1.80. The number of nitrogens with one attached hydrogen (secondary N) is 1. The number of hydrogen-bond donors (Lipinski definition) is 1. The molecule has 1 N–H and O–H groups in total. The lowest BCUT2D eigenvalue weighted by Crippen LogP contribution is -2.50. The Labute approximate surface area is 178 Å². The lowest BCUT2D eigenvalue weighted by atomic mass is 9.71. The molecule has 8 heteroatoms. The third-order valence-corrected chi connectivity index (χ3v) is 9.06. The summed E-state index contributed by atoms with van der Waals surface area (Å²) in [6, 6.07) is 4.13. The number of ether oxygens (including phenoxy) is 2. The van der Waals surface area contributed by atoms with Crippen molar-refractivity contribution in [2.45, 2.75) is 56.5 Å².